The minimum absolute atomic E-state index is 0.432. The lowest BCUT2D eigenvalue weighted by Gasteiger charge is -1.85. The van der Waals surface area contributed by atoms with Gasteiger partial charge < -0.3 is 0 Å². The van der Waals surface area contributed by atoms with Gasteiger partial charge in [-0.25, -0.2) is 0 Å². The van der Waals surface area contributed by atoms with Crippen molar-refractivity contribution in [2.45, 2.75) is 25.9 Å². The molecule has 0 fully saturated rings. The van der Waals surface area contributed by atoms with Gasteiger partial charge in [0.1, 0.15) is 0 Å². The Labute approximate surface area is 84.5 Å². The molecule has 1 heteroatoms. The Kier molecular flexibility index (Phi) is 8.68. The molecule has 0 N–H and O–H groups in total. The average molecular weight is 192 g/mol. The first kappa shape index (κ1) is 12.2. The van der Waals surface area contributed by atoms with Crippen molar-refractivity contribution in [3.8, 4) is 0 Å². The average Bonchev–Trinajstić information content (AvgIpc) is 2.21. The molecule has 0 heterocycles. The molecule has 0 spiro atoms. The summed E-state index contributed by atoms with van der Waals surface area (Å²) in [6.45, 7) is 8.18. The largest absolute Gasteiger partial charge is 0.0985 e. The fourth-order valence-corrected chi connectivity index (χ4v) is 1.65. The summed E-state index contributed by atoms with van der Waals surface area (Å²) in [4.78, 5) is 0. The summed E-state index contributed by atoms with van der Waals surface area (Å²) < 4.78 is 0. The number of hydrogen-bond donors (Lipinski definition) is 0. The van der Waals surface area contributed by atoms with E-state index in [9.17, 15) is 0 Å². The van der Waals surface area contributed by atoms with Gasteiger partial charge in [-0.2, -0.15) is 0 Å². The first-order valence-electron chi connectivity index (χ1n) is 5.02. The van der Waals surface area contributed by atoms with Gasteiger partial charge in [0.05, 0.1) is 0 Å². The summed E-state index contributed by atoms with van der Waals surface area (Å²) in [6, 6.07) is 13.0. The van der Waals surface area contributed by atoms with Crippen molar-refractivity contribution in [3.05, 3.63) is 42.5 Å². The Balaban J connectivity index is 0.000000252. The highest BCUT2D eigenvalue weighted by Gasteiger charge is 1.75. The van der Waals surface area contributed by atoms with E-state index in [0.717, 1.165) is 0 Å². The van der Waals surface area contributed by atoms with Crippen LogP contribution in [0.25, 0.3) is 6.08 Å². The van der Waals surface area contributed by atoms with E-state index < -0.39 is 0 Å². The van der Waals surface area contributed by atoms with Gasteiger partial charge in [-0.15, -0.1) is 0 Å². The van der Waals surface area contributed by atoms with Gasteiger partial charge in [-0.1, -0.05) is 68.9 Å². The zero-order valence-corrected chi connectivity index (χ0v) is 10.2. The van der Waals surface area contributed by atoms with Crippen LogP contribution in [0.3, 0.4) is 0 Å². The molecule has 0 saturated carbocycles. The van der Waals surface area contributed by atoms with E-state index in [4.69, 9.17) is 0 Å². The van der Waals surface area contributed by atoms with Crippen molar-refractivity contribution in [1.82, 2.24) is 0 Å². The Morgan fingerprint density at radius 3 is 1.92 bits per heavy atom. The third-order valence-corrected chi connectivity index (χ3v) is 3.16. The van der Waals surface area contributed by atoms with Crippen LogP contribution in [0.1, 0.15) is 19.4 Å². The van der Waals surface area contributed by atoms with Gasteiger partial charge in [-0.3, -0.25) is 0 Å². The van der Waals surface area contributed by atoms with Gasteiger partial charge in [0.15, 0.2) is 0 Å². The van der Waals surface area contributed by atoms with Crippen molar-refractivity contribution in [2.24, 2.45) is 0 Å². The lowest BCUT2D eigenvalue weighted by atomic mass is 10.2. The van der Waals surface area contributed by atoms with Crippen molar-refractivity contribution in [3.63, 3.8) is 0 Å². The Morgan fingerprint density at radius 2 is 1.69 bits per heavy atom. The van der Waals surface area contributed by atoms with Gasteiger partial charge >= 0.3 is 0 Å². The van der Waals surface area contributed by atoms with Crippen LogP contribution in [0.2, 0.25) is 12.1 Å². The summed E-state index contributed by atoms with van der Waals surface area (Å²) >= 11 is 0. The smallest absolute Gasteiger partial charge is 0.0192 e. The summed E-state index contributed by atoms with van der Waals surface area (Å²) in [5.41, 5.74) is 1.17. The molecule has 72 valence electrons. The standard InChI is InChI=1S/C8H8.C4H12Si/c1-2-8-6-4-3-5-7-8;1-3-5-4-2/h2-7H,1H2;3-5H2,1-2H3. The topological polar surface area (TPSA) is 0 Å². The second-order valence-corrected chi connectivity index (χ2v) is 5.68. The Bertz CT molecular complexity index is 202. The molecule has 0 aromatic heterocycles. The maximum absolute atomic E-state index is 3.63. The van der Waals surface area contributed by atoms with Crippen molar-refractivity contribution in [1.29, 1.82) is 0 Å². The van der Waals surface area contributed by atoms with E-state index in [1.165, 1.54) is 17.7 Å². The van der Waals surface area contributed by atoms with Gasteiger partial charge in [-0.05, 0) is 5.56 Å². The quantitative estimate of drug-likeness (QED) is 0.644. The van der Waals surface area contributed by atoms with Crippen LogP contribution in [0.5, 0.6) is 0 Å². The predicted octanol–water partition coefficient (Wildman–Crippen LogP) is 3.36. The third kappa shape index (κ3) is 7.53. The molecule has 0 saturated heterocycles. The maximum atomic E-state index is 3.63. The normalized spacial score (nSPS) is 8.46. The van der Waals surface area contributed by atoms with E-state index in [1.54, 1.807) is 0 Å². The second kappa shape index (κ2) is 9.27. The summed E-state index contributed by atoms with van der Waals surface area (Å²) in [5, 5.41) is 0. The van der Waals surface area contributed by atoms with Crippen LogP contribution in [-0.4, -0.2) is 9.52 Å². The van der Waals surface area contributed by atoms with Crippen LogP contribution >= 0.6 is 0 Å². The molecule has 0 amide bonds. The monoisotopic (exact) mass is 192 g/mol. The molecule has 0 unspecified atom stereocenters. The van der Waals surface area contributed by atoms with E-state index in [1.807, 2.05) is 36.4 Å². The molecular weight excluding hydrogens is 172 g/mol. The third-order valence-electron chi connectivity index (χ3n) is 1.74. The number of hydrogen-bond acceptors (Lipinski definition) is 0. The van der Waals surface area contributed by atoms with Crippen LogP contribution in [0.15, 0.2) is 36.9 Å². The Morgan fingerprint density at radius 1 is 1.15 bits per heavy atom. The second-order valence-electron chi connectivity index (χ2n) is 2.97. The highest BCUT2D eigenvalue weighted by Crippen LogP contribution is 1.97. The molecule has 0 aliphatic carbocycles. The van der Waals surface area contributed by atoms with Gasteiger partial charge in [0, 0.05) is 9.52 Å². The maximum Gasteiger partial charge on any atom is 0.0192 e. The van der Waals surface area contributed by atoms with Crippen LogP contribution in [-0.2, 0) is 0 Å². The lowest BCUT2D eigenvalue weighted by molar-refractivity contribution is 1.36. The van der Waals surface area contributed by atoms with Crippen molar-refractivity contribution >= 4 is 15.6 Å². The molecular formula is C12H20Si. The zero-order valence-electron chi connectivity index (χ0n) is 8.79. The zero-order chi connectivity index (χ0) is 9.94. The number of rotatable bonds is 3. The minimum Gasteiger partial charge on any atom is -0.0985 e. The molecule has 0 radical (unpaired) electrons. The van der Waals surface area contributed by atoms with Crippen molar-refractivity contribution in [2.75, 3.05) is 0 Å². The van der Waals surface area contributed by atoms with Crippen LogP contribution < -0.4 is 0 Å². The molecule has 0 bridgehead atoms. The fourth-order valence-electron chi connectivity index (χ4n) is 0.943. The first-order valence-corrected chi connectivity index (χ1v) is 7.02. The summed E-state index contributed by atoms with van der Waals surface area (Å²) in [5.74, 6) is 0. The molecule has 0 atom stereocenters. The summed E-state index contributed by atoms with van der Waals surface area (Å²) in [7, 11) is 0.432. The molecule has 13 heavy (non-hydrogen) atoms. The highest BCUT2D eigenvalue weighted by atomic mass is 28.2. The number of benzene rings is 1. The Hall–Kier alpha value is -0.823. The first-order chi connectivity index (χ1) is 6.35. The lowest BCUT2D eigenvalue weighted by Crippen LogP contribution is -1.76. The minimum atomic E-state index is 0.432. The SMILES string of the molecule is C=Cc1ccccc1.CC[SiH2]CC. The fraction of sp³-hybridized carbons (Fsp3) is 0.333. The molecule has 0 aliphatic heterocycles. The van der Waals surface area contributed by atoms with E-state index in [2.05, 4.69) is 20.4 Å². The predicted molar refractivity (Wildman–Crippen MR) is 66.0 cm³/mol. The molecule has 0 nitrogen and oxygen atoms in total. The molecule has 1 aromatic rings. The van der Waals surface area contributed by atoms with Gasteiger partial charge in [0.2, 0.25) is 0 Å². The van der Waals surface area contributed by atoms with Crippen LogP contribution in [0.4, 0.5) is 0 Å². The van der Waals surface area contributed by atoms with Gasteiger partial charge in [0.25, 0.3) is 0 Å². The molecule has 0 aliphatic rings. The highest BCUT2D eigenvalue weighted by molar-refractivity contribution is 6.34. The van der Waals surface area contributed by atoms with Crippen molar-refractivity contribution < 1.29 is 0 Å². The molecule has 1 rings (SSSR count). The summed E-state index contributed by atoms with van der Waals surface area (Å²) in [6.07, 6.45) is 1.83. The van der Waals surface area contributed by atoms with E-state index in [-0.39, 0.29) is 0 Å². The molecule has 1 aromatic carbocycles. The van der Waals surface area contributed by atoms with E-state index >= 15 is 0 Å². The van der Waals surface area contributed by atoms with Crippen LogP contribution in [0, 0.1) is 0 Å². The van der Waals surface area contributed by atoms with E-state index in [0.29, 0.717) is 9.52 Å².